The summed E-state index contributed by atoms with van der Waals surface area (Å²) in [5.41, 5.74) is 5.95. The number of hydrogen-bond acceptors (Lipinski definition) is 6. The average molecular weight is 211 g/mol. The fourth-order valence-electron chi connectivity index (χ4n) is 0.693. The summed E-state index contributed by atoms with van der Waals surface area (Å²) in [6.07, 6.45) is 2.10. The van der Waals surface area contributed by atoms with Crippen molar-refractivity contribution in [2.75, 3.05) is 12.3 Å². The predicted octanol–water partition coefficient (Wildman–Crippen LogP) is 0.831. The first kappa shape index (κ1) is 10.4. The van der Waals surface area contributed by atoms with Gasteiger partial charge < -0.3 is 10.6 Å². The third kappa shape index (κ3) is 2.67. The molecule has 0 aliphatic rings. The maximum Gasteiger partial charge on any atom is 0.180 e. The molecule has 6 heteroatoms. The van der Waals surface area contributed by atoms with Crippen molar-refractivity contribution in [1.29, 1.82) is 0 Å². The third-order valence-corrected chi connectivity index (χ3v) is 1.93. The number of nitrogen functional groups attached to an aromatic ring is 1. The number of carbonyl (C=O) groups is 1. The van der Waals surface area contributed by atoms with Gasteiger partial charge in [-0.05, 0) is 0 Å². The monoisotopic (exact) mass is 211 g/mol. The number of nitrogens with zero attached hydrogens (tertiary/aromatic N) is 2. The van der Waals surface area contributed by atoms with Gasteiger partial charge >= 0.3 is 0 Å². The van der Waals surface area contributed by atoms with Crippen LogP contribution in [0.5, 0.6) is 0 Å². The van der Waals surface area contributed by atoms with E-state index in [4.69, 9.17) is 10.6 Å². The zero-order valence-electron chi connectivity index (χ0n) is 7.34. The number of hydrogen-bond donors (Lipinski definition) is 1. The van der Waals surface area contributed by atoms with E-state index in [1.165, 1.54) is 17.4 Å². The molecule has 0 atom stereocenters. The largest absolute Gasteiger partial charge is 0.391 e. The van der Waals surface area contributed by atoms with Crippen molar-refractivity contribution in [2.45, 2.75) is 0 Å². The minimum absolute atomic E-state index is 0.125. The Morgan fingerprint density at radius 2 is 2.64 bits per heavy atom. The molecule has 0 spiro atoms. The zero-order valence-corrected chi connectivity index (χ0v) is 8.16. The topological polar surface area (TPSA) is 77.6 Å². The van der Waals surface area contributed by atoms with Gasteiger partial charge in [0.15, 0.2) is 17.1 Å². The van der Waals surface area contributed by atoms with E-state index in [2.05, 4.69) is 16.7 Å². The smallest absolute Gasteiger partial charge is 0.180 e. The second-order valence-corrected chi connectivity index (χ2v) is 3.14. The van der Waals surface area contributed by atoms with Crippen molar-refractivity contribution in [2.24, 2.45) is 5.16 Å². The second kappa shape index (κ2) is 5.13. The Morgan fingerprint density at radius 3 is 3.14 bits per heavy atom. The van der Waals surface area contributed by atoms with E-state index >= 15 is 0 Å². The molecular weight excluding hydrogens is 202 g/mol. The highest BCUT2D eigenvalue weighted by molar-refractivity contribution is 7.13. The molecule has 5 nitrogen and oxygen atoms in total. The van der Waals surface area contributed by atoms with Crippen molar-refractivity contribution < 1.29 is 9.63 Å². The van der Waals surface area contributed by atoms with Crippen LogP contribution in [0.15, 0.2) is 23.2 Å². The van der Waals surface area contributed by atoms with E-state index in [1.54, 1.807) is 5.38 Å². The third-order valence-electron chi connectivity index (χ3n) is 1.25. The lowest BCUT2D eigenvalue weighted by molar-refractivity contribution is -0.102. The van der Waals surface area contributed by atoms with Crippen LogP contribution in [0.2, 0.25) is 0 Å². The molecule has 0 saturated carbocycles. The van der Waals surface area contributed by atoms with Crippen LogP contribution >= 0.6 is 11.3 Å². The first-order chi connectivity index (χ1) is 6.77. The molecule has 0 unspecified atom stereocenters. The van der Waals surface area contributed by atoms with Gasteiger partial charge in [0.25, 0.3) is 0 Å². The molecule has 0 radical (unpaired) electrons. The van der Waals surface area contributed by atoms with Gasteiger partial charge in [-0.3, -0.25) is 4.79 Å². The Kier molecular flexibility index (Phi) is 3.81. The molecule has 1 rings (SSSR count). The van der Waals surface area contributed by atoms with Crippen LogP contribution in [0.4, 0.5) is 5.13 Å². The quantitative estimate of drug-likeness (QED) is 0.257. The van der Waals surface area contributed by atoms with Crippen molar-refractivity contribution in [1.82, 2.24) is 4.98 Å². The lowest BCUT2D eigenvalue weighted by atomic mass is 10.3. The maximum absolute atomic E-state index is 10.6. The molecule has 0 aliphatic carbocycles. The van der Waals surface area contributed by atoms with Gasteiger partial charge in [0.2, 0.25) is 0 Å². The molecule has 0 aliphatic heterocycles. The molecule has 0 amide bonds. The molecule has 0 fully saturated rings. The van der Waals surface area contributed by atoms with Crippen LogP contribution < -0.4 is 5.73 Å². The minimum atomic E-state index is 0.125. The molecular formula is C8H9N3O2S. The number of rotatable bonds is 5. The second-order valence-electron chi connectivity index (χ2n) is 2.25. The fourth-order valence-corrected chi connectivity index (χ4v) is 1.25. The summed E-state index contributed by atoms with van der Waals surface area (Å²) in [5, 5.41) is 5.61. The lowest BCUT2D eigenvalue weighted by Gasteiger charge is -1.94. The zero-order chi connectivity index (χ0) is 10.4. The molecule has 14 heavy (non-hydrogen) atoms. The fraction of sp³-hybridized carbons (Fsp3) is 0.125. The van der Waals surface area contributed by atoms with Gasteiger partial charge in [-0.15, -0.1) is 11.3 Å². The highest BCUT2D eigenvalue weighted by Gasteiger charge is 2.06. The maximum atomic E-state index is 10.6. The van der Waals surface area contributed by atoms with Gasteiger partial charge in [0.1, 0.15) is 12.3 Å². The number of carbonyl (C=O) groups excluding carboxylic acids is 1. The van der Waals surface area contributed by atoms with Crippen molar-refractivity contribution in [3.05, 3.63) is 23.7 Å². The molecule has 0 saturated heterocycles. The summed E-state index contributed by atoms with van der Waals surface area (Å²) < 4.78 is 0. The first-order valence-electron chi connectivity index (χ1n) is 3.75. The van der Waals surface area contributed by atoms with Crippen LogP contribution in [0.3, 0.4) is 0 Å². The number of aldehydes is 1. The lowest BCUT2D eigenvalue weighted by Crippen LogP contribution is -2.04. The summed E-state index contributed by atoms with van der Waals surface area (Å²) in [7, 11) is 0. The molecule has 1 aromatic rings. The van der Waals surface area contributed by atoms with Crippen LogP contribution in [0.1, 0.15) is 5.69 Å². The normalized spacial score (nSPS) is 11.0. The number of aromatic nitrogens is 1. The van der Waals surface area contributed by atoms with E-state index in [-0.39, 0.29) is 12.3 Å². The Hall–Kier alpha value is -1.69. The minimum Gasteiger partial charge on any atom is -0.391 e. The summed E-state index contributed by atoms with van der Waals surface area (Å²) in [5.74, 6) is 0. The number of oxime groups is 1. The number of nitrogens with two attached hydrogens (primary N) is 1. The first-order valence-corrected chi connectivity index (χ1v) is 4.63. The van der Waals surface area contributed by atoms with E-state index in [9.17, 15) is 4.79 Å². The van der Waals surface area contributed by atoms with Gasteiger partial charge in [0, 0.05) is 5.38 Å². The molecule has 1 aromatic heterocycles. The van der Waals surface area contributed by atoms with E-state index < -0.39 is 0 Å². The van der Waals surface area contributed by atoms with Crippen LogP contribution in [-0.2, 0) is 9.63 Å². The van der Waals surface area contributed by atoms with Crippen molar-refractivity contribution in [3.8, 4) is 0 Å². The Morgan fingerprint density at radius 1 is 1.86 bits per heavy atom. The van der Waals surface area contributed by atoms with Gasteiger partial charge in [-0.25, -0.2) is 4.98 Å². The van der Waals surface area contributed by atoms with Crippen molar-refractivity contribution in [3.63, 3.8) is 0 Å². The van der Waals surface area contributed by atoms with E-state index in [0.717, 1.165) is 0 Å². The standard InChI is InChI=1S/C8H9N3O2S/c1-2-3-13-11-6(4-12)7-5-14-8(9)10-7/h2,4-5H,1,3H2,(H2,9,10)/b11-6+. The molecule has 0 aromatic carbocycles. The highest BCUT2D eigenvalue weighted by atomic mass is 32.1. The Bertz CT molecular complexity index is 359. The molecule has 74 valence electrons. The number of anilines is 1. The molecule has 2 N–H and O–H groups in total. The molecule has 1 heterocycles. The van der Waals surface area contributed by atoms with E-state index in [1.807, 2.05) is 0 Å². The summed E-state index contributed by atoms with van der Waals surface area (Å²) in [4.78, 5) is 19.2. The van der Waals surface area contributed by atoms with Crippen LogP contribution in [-0.4, -0.2) is 23.6 Å². The average Bonchev–Trinajstić information content (AvgIpc) is 2.60. The van der Waals surface area contributed by atoms with Crippen LogP contribution in [0, 0.1) is 0 Å². The van der Waals surface area contributed by atoms with Gasteiger partial charge in [0.05, 0.1) is 0 Å². The number of thiazole rings is 1. The Balaban J connectivity index is 2.76. The van der Waals surface area contributed by atoms with Gasteiger partial charge in [-0.2, -0.15) is 0 Å². The summed E-state index contributed by atoms with van der Waals surface area (Å²) in [6.45, 7) is 3.69. The van der Waals surface area contributed by atoms with Gasteiger partial charge in [-0.1, -0.05) is 17.8 Å². The summed E-state index contributed by atoms with van der Waals surface area (Å²) in [6, 6.07) is 0. The summed E-state index contributed by atoms with van der Waals surface area (Å²) >= 11 is 1.24. The SMILES string of the molecule is C=CCO/N=C(\C=O)c1csc(N)n1. The predicted molar refractivity (Wildman–Crippen MR) is 55.3 cm³/mol. The highest BCUT2D eigenvalue weighted by Crippen LogP contribution is 2.11. The van der Waals surface area contributed by atoms with Crippen molar-refractivity contribution >= 4 is 28.5 Å². The van der Waals surface area contributed by atoms with Crippen LogP contribution in [0.25, 0.3) is 0 Å². The Labute approximate surface area is 84.9 Å². The molecule has 0 bridgehead atoms. The van der Waals surface area contributed by atoms with E-state index in [0.29, 0.717) is 17.1 Å².